The largest absolute Gasteiger partial charge is 0.452 e. The van der Waals surface area contributed by atoms with Crippen molar-refractivity contribution in [1.82, 2.24) is 0 Å². The Hall–Kier alpha value is -4.00. The van der Waals surface area contributed by atoms with Gasteiger partial charge in [0.2, 0.25) is 0 Å². The number of carbonyl (C=O) groups is 4. The molecule has 0 saturated carbocycles. The predicted molar refractivity (Wildman–Crippen MR) is 117 cm³/mol. The summed E-state index contributed by atoms with van der Waals surface area (Å²) in [6, 6.07) is 13.9. The normalized spacial score (nSPS) is 12.3. The maximum absolute atomic E-state index is 12.8. The predicted octanol–water partition coefficient (Wildman–Crippen LogP) is 3.87. The Balaban J connectivity index is 1.47. The van der Waals surface area contributed by atoms with Gasteiger partial charge in [-0.25, -0.2) is 9.69 Å². The van der Waals surface area contributed by atoms with Crippen molar-refractivity contribution >= 4 is 57.3 Å². The summed E-state index contributed by atoms with van der Waals surface area (Å²) in [4.78, 5) is 50.9. The van der Waals surface area contributed by atoms with Crippen molar-refractivity contribution in [1.29, 1.82) is 5.26 Å². The molecule has 0 unspecified atom stereocenters. The first-order valence-electron chi connectivity index (χ1n) is 9.12. The molecule has 0 spiro atoms. The second-order valence-electron chi connectivity index (χ2n) is 6.56. The Kier molecular flexibility index (Phi) is 5.73. The summed E-state index contributed by atoms with van der Waals surface area (Å²) in [6.45, 7) is -0.586. The van der Waals surface area contributed by atoms with Gasteiger partial charge in [-0.05, 0) is 41.8 Å². The van der Waals surface area contributed by atoms with Crippen LogP contribution in [0.2, 0.25) is 5.02 Å². The lowest BCUT2D eigenvalue weighted by atomic mass is 10.1. The molecule has 0 saturated heterocycles. The molecule has 2 aromatic carbocycles. The van der Waals surface area contributed by atoms with E-state index >= 15 is 0 Å². The van der Waals surface area contributed by atoms with E-state index in [1.807, 2.05) is 6.07 Å². The number of imide groups is 1. The van der Waals surface area contributed by atoms with E-state index in [1.165, 1.54) is 29.5 Å². The first-order valence-corrected chi connectivity index (χ1v) is 10.4. The third-order valence-electron chi connectivity index (χ3n) is 4.59. The molecule has 3 amide bonds. The van der Waals surface area contributed by atoms with Gasteiger partial charge in [-0.2, -0.15) is 5.26 Å². The highest BCUT2D eigenvalue weighted by Gasteiger charge is 2.38. The van der Waals surface area contributed by atoms with Gasteiger partial charge in [0.15, 0.2) is 6.61 Å². The van der Waals surface area contributed by atoms with Crippen molar-refractivity contribution in [3.63, 3.8) is 0 Å². The smallest absolute Gasteiger partial charge is 0.338 e. The van der Waals surface area contributed by atoms with Gasteiger partial charge in [-0.15, -0.1) is 11.3 Å². The molecule has 10 heteroatoms. The number of ether oxygens (including phenoxy) is 1. The molecule has 32 heavy (non-hydrogen) atoms. The van der Waals surface area contributed by atoms with Crippen LogP contribution >= 0.6 is 22.9 Å². The van der Waals surface area contributed by atoms with Crippen LogP contribution in [0.15, 0.2) is 53.9 Å². The second kappa shape index (κ2) is 8.63. The zero-order valence-electron chi connectivity index (χ0n) is 16.1. The van der Waals surface area contributed by atoms with E-state index in [0.717, 1.165) is 4.90 Å². The summed E-state index contributed by atoms with van der Waals surface area (Å²) in [5, 5.41) is 13.7. The van der Waals surface area contributed by atoms with Gasteiger partial charge in [0, 0.05) is 0 Å². The van der Waals surface area contributed by atoms with Crippen molar-refractivity contribution in [3.05, 3.63) is 81.2 Å². The van der Waals surface area contributed by atoms with Crippen LogP contribution in [-0.2, 0) is 9.53 Å². The number of amides is 3. The minimum absolute atomic E-state index is 0.00699. The highest BCUT2D eigenvalue weighted by molar-refractivity contribution is 7.14. The van der Waals surface area contributed by atoms with Crippen molar-refractivity contribution in [2.45, 2.75) is 0 Å². The maximum atomic E-state index is 12.8. The summed E-state index contributed by atoms with van der Waals surface area (Å²) < 4.78 is 5.00. The Bertz CT molecular complexity index is 1330. The fourth-order valence-corrected chi connectivity index (χ4v) is 4.06. The Morgan fingerprint density at radius 1 is 1.09 bits per heavy atom. The van der Waals surface area contributed by atoms with Crippen LogP contribution in [0.5, 0.6) is 0 Å². The van der Waals surface area contributed by atoms with Gasteiger partial charge < -0.3 is 10.1 Å². The van der Waals surface area contributed by atoms with Gasteiger partial charge in [0.05, 0.1) is 33.0 Å². The summed E-state index contributed by atoms with van der Waals surface area (Å²) in [5.74, 6) is -2.63. The number of hydrogen-bond acceptors (Lipinski definition) is 7. The van der Waals surface area contributed by atoms with E-state index in [2.05, 4.69) is 5.32 Å². The number of benzene rings is 2. The van der Waals surface area contributed by atoms with Crippen LogP contribution < -0.4 is 10.2 Å². The molecule has 0 fully saturated rings. The van der Waals surface area contributed by atoms with Crippen LogP contribution in [0, 0.1) is 11.3 Å². The van der Waals surface area contributed by atoms with Gasteiger partial charge >= 0.3 is 5.97 Å². The zero-order valence-corrected chi connectivity index (χ0v) is 17.7. The number of rotatable bonds is 5. The van der Waals surface area contributed by atoms with E-state index in [1.54, 1.807) is 35.7 Å². The number of fused-ring (bicyclic) bond motifs is 1. The van der Waals surface area contributed by atoms with Crippen molar-refractivity contribution in [3.8, 4) is 6.07 Å². The number of nitrogens with one attached hydrogen (secondary N) is 1. The van der Waals surface area contributed by atoms with Crippen molar-refractivity contribution in [2.24, 2.45) is 0 Å². The number of halogens is 1. The quantitative estimate of drug-likeness (QED) is 0.451. The average Bonchev–Trinajstić information content (AvgIpc) is 3.34. The first-order chi connectivity index (χ1) is 15.4. The van der Waals surface area contributed by atoms with Gasteiger partial charge in [0.25, 0.3) is 17.7 Å². The number of carbonyl (C=O) groups excluding carboxylic acids is 4. The topological polar surface area (TPSA) is 117 Å². The Morgan fingerprint density at radius 2 is 1.84 bits per heavy atom. The van der Waals surface area contributed by atoms with E-state index in [9.17, 15) is 19.2 Å². The van der Waals surface area contributed by atoms with Crippen LogP contribution in [-0.4, -0.2) is 30.3 Å². The molecular formula is C22H12ClN3O5S. The summed E-state index contributed by atoms with van der Waals surface area (Å²) >= 11 is 7.29. The summed E-state index contributed by atoms with van der Waals surface area (Å²) in [5.41, 5.74) is 0.718. The summed E-state index contributed by atoms with van der Waals surface area (Å²) in [6.07, 6.45) is 0. The molecule has 0 bridgehead atoms. The van der Waals surface area contributed by atoms with E-state index in [-0.39, 0.29) is 27.4 Å². The minimum atomic E-state index is -0.842. The molecule has 2 heterocycles. The number of nitriles is 1. The molecular weight excluding hydrogens is 454 g/mol. The summed E-state index contributed by atoms with van der Waals surface area (Å²) in [7, 11) is 0. The van der Waals surface area contributed by atoms with E-state index in [4.69, 9.17) is 21.6 Å². The number of hydrogen-bond donors (Lipinski definition) is 1. The molecule has 1 aliphatic heterocycles. The minimum Gasteiger partial charge on any atom is -0.452 e. The fourth-order valence-electron chi connectivity index (χ4n) is 3.09. The molecule has 8 nitrogen and oxygen atoms in total. The molecule has 0 radical (unpaired) electrons. The number of thiophene rings is 1. The second-order valence-corrected chi connectivity index (χ2v) is 7.88. The van der Waals surface area contributed by atoms with Crippen LogP contribution in [0.3, 0.4) is 0 Å². The molecule has 1 aromatic heterocycles. The SMILES string of the molecule is N#Cc1ccsc1NC(=O)COC(=O)c1ccc2c(c1)C(=O)N(c1ccccc1Cl)C2=O. The lowest BCUT2D eigenvalue weighted by Crippen LogP contribution is -2.29. The van der Waals surface area contributed by atoms with E-state index in [0.29, 0.717) is 10.6 Å². The van der Waals surface area contributed by atoms with Crippen molar-refractivity contribution in [2.75, 3.05) is 16.8 Å². The maximum Gasteiger partial charge on any atom is 0.338 e. The number of nitrogens with zero attached hydrogens (tertiary/aromatic N) is 2. The standard InChI is InChI=1S/C22H12ClN3O5S/c23-16-3-1-2-4-17(16)26-20(28)14-6-5-12(9-15(14)21(26)29)22(30)31-11-18(27)25-19-13(10-24)7-8-32-19/h1-9H,11H2,(H,25,27). The molecule has 0 aliphatic carbocycles. The number of para-hydroxylation sites is 1. The lowest BCUT2D eigenvalue weighted by Gasteiger charge is -2.15. The van der Waals surface area contributed by atoms with Gasteiger partial charge in [-0.3, -0.25) is 14.4 Å². The highest BCUT2D eigenvalue weighted by atomic mass is 35.5. The fraction of sp³-hybridized carbons (Fsp3) is 0.0455. The number of anilines is 2. The highest BCUT2D eigenvalue weighted by Crippen LogP contribution is 2.33. The Morgan fingerprint density at radius 3 is 2.59 bits per heavy atom. The molecule has 3 aromatic rings. The Labute approximate surface area is 190 Å². The lowest BCUT2D eigenvalue weighted by molar-refractivity contribution is -0.119. The van der Waals surface area contributed by atoms with Crippen molar-refractivity contribution < 1.29 is 23.9 Å². The monoisotopic (exact) mass is 465 g/mol. The third kappa shape index (κ3) is 3.85. The molecule has 4 rings (SSSR count). The average molecular weight is 466 g/mol. The molecule has 1 aliphatic rings. The van der Waals surface area contributed by atoms with E-state index < -0.39 is 30.3 Å². The molecule has 0 atom stereocenters. The van der Waals surface area contributed by atoms with Crippen LogP contribution in [0.1, 0.15) is 36.6 Å². The third-order valence-corrected chi connectivity index (χ3v) is 5.74. The zero-order chi connectivity index (χ0) is 22.8. The molecule has 158 valence electrons. The van der Waals surface area contributed by atoms with Gasteiger partial charge in [-0.1, -0.05) is 23.7 Å². The molecule has 1 N–H and O–H groups in total. The van der Waals surface area contributed by atoms with Crippen LogP contribution in [0.4, 0.5) is 10.7 Å². The van der Waals surface area contributed by atoms with Crippen LogP contribution in [0.25, 0.3) is 0 Å². The van der Waals surface area contributed by atoms with Gasteiger partial charge in [0.1, 0.15) is 11.1 Å². The number of esters is 1. The first kappa shape index (κ1) is 21.2.